The molecule has 5 nitrogen and oxygen atoms in total. The fourth-order valence-electron chi connectivity index (χ4n) is 2.91. The van der Waals surface area contributed by atoms with Crippen LogP contribution in [0.4, 0.5) is 4.39 Å². The number of nitrogens with zero attached hydrogens (tertiary/aromatic N) is 2. The van der Waals surface area contributed by atoms with Crippen molar-refractivity contribution < 1.29 is 14.2 Å². The van der Waals surface area contributed by atoms with Crippen LogP contribution in [-0.4, -0.2) is 33.9 Å². The van der Waals surface area contributed by atoms with E-state index in [4.69, 9.17) is 4.74 Å². The van der Waals surface area contributed by atoms with Gasteiger partial charge >= 0.3 is 0 Å². The topological polar surface area (TPSA) is 59.3 Å². The number of aliphatic hydroxyl groups excluding tert-OH is 1. The lowest BCUT2D eigenvalue weighted by Crippen LogP contribution is -2.35. The monoisotopic (exact) mass is 405 g/mol. The quantitative estimate of drug-likeness (QED) is 0.603. The Labute approximate surface area is 170 Å². The van der Waals surface area contributed by atoms with Crippen molar-refractivity contribution in [3.8, 4) is 5.75 Å². The van der Waals surface area contributed by atoms with Crippen molar-refractivity contribution in [3.63, 3.8) is 0 Å². The first-order valence-electron chi connectivity index (χ1n) is 8.86. The van der Waals surface area contributed by atoms with Gasteiger partial charge < -0.3 is 19.7 Å². The fourth-order valence-corrected chi connectivity index (χ4v) is 2.91. The molecule has 28 heavy (non-hydrogen) atoms. The summed E-state index contributed by atoms with van der Waals surface area (Å²) >= 11 is 0. The Hall–Kier alpha value is -2.41. The minimum absolute atomic E-state index is 0. The molecule has 150 valence electrons. The molecule has 0 spiro atoms. The third-order valence-electron chi connectivity index (χ3n) is 4.29. The molecule has 1 heterocycles. The lowest BCUT2D eigenvalue weighted by atomic mass is 10.1. The van der Waals surface area contributed by atoms with E-state index in [-0.39, 0.29) is 37.4 Å². The molecule has 0 bridgehead atoms. The van der Waals surface area contributed by atoms with Gasteiger partial charge in [0.25, 0.3) is 0 Å². The second-order valence-electron chi connectivity index (χ2n) is 6.57. The van der Waals surface area contributed by atoms with Crippen LogP contribution in [0.3, 0.4) is 0 Å². The van der Waals surface area contributed by atoms with E-state index in [0.717, 1.165) is 22.7 Å². The van der Waals surface area contributed by atoms with E-state index in [2.05, 4.69) is 10.3 Å². The zero-order chi connectivity index (χ0) is 19.2. The SMILES string of the molecule is Cc1cccc(OCC(O)CNC(c2cccc(F)c2)c2nccn2C)c1.Cl. The van der Waals surface area contributed by atoms with Gasteiger partial charge in [-0.25, -0.2) is 9.37 Å². The van der Waals surface area contributed by atoms with E-state index in [1.165, 1.54) is 12.1 Å². The number of hydrogen-bond acceptors (Lipinski definition) is 4. The Morgan fingerprint density at radius 2 is 2.00 bits per heavy atom. The molecular formula is C21H25ClFN3O2. The Morgan fingerprint density at radius 1 is 1.21 bits per heavy atom. The standard InChI is InChI=1S/C21H24FN3O2.ClH/c1-15-5-3-8-19(11-15)27-14-18(26)13-24-20(21-23-9-10-25(21)2)16-6-4-7-17(22)12-16;/h3-12,18,20,24,26H,13-14H2,1-2H3;1H. The van der Waals surface area contributed by atoms with Gasteiger partial charge in [0.15, 0.2) is 0 Å². The third-order valence-corrected chi connectivity index (χ3v) is 4.29. The summed E-state index contributed by atoms with van der Waals surface area (Å²) in [5, 5.41) is 13.6. The van der Waals surface area contributed by atoms with E-state index in [0.29, 0.717) is 0 Å². The van der Waals surface area contributed by atoms with E-state index in [9.17, 15) is 9.50 Å². The largest absolute Gasteiger partial charge is 0.491 e. The fraction of sp³-hybridized carbons (Fsp3) is 0.286. The first-order valence-corrected chi connectivity index (χ1v) is 8.86. The maximum absolute atomic E-state index is 13.7. The van der Waals surface area contributed by atoms with Gasteiger partial charge in [-0.2, -0.15) is 0 Å². The maximum atomic E-state index is 13.7. The van der Waals surface area contributed by atoms with Gasteiger partial charge in [-0.3, -0.25) is 0 Å². The van der Waals surface area contributed by atoms with Crippen molar-refractivity contribution in [2.75, 3.05) is 13.2 Å². The number of imidazole rings is 1. The van der Waals surface area contributed by atoms with Gasteiger partial charge in [-0.05, 0) is 42.3 Å². The van der Waals surface area contributed by atoms with E-state index >= 15 is 0 Å². The first-order chi connectivity index (χ1) is 13.0. The van der Waals surface area contributed by atoms with Crippen LogP contribution in [0.15, 0.2) is 60.9 Å². The molecule has 0 aliphatic heterocycles. The molecule has 2 aromatic carbocycles. The van der Waals surface area contributed by atoms with Gasteiger partial charge in [0, 0.05) is 26.0 Å². The summed E-state index contributed by atoms with van der Waals surface area (Å²) in [7, 11) is 1.88. The summed E-state index contributed by atoms with van der Waals surface area (Å²) in [6.45, 7) is 2.42. The van der Waals surface area contributed by atoms with Crippen molar-refractivity contribution in [3.05, 3.63) is 83.7 Å². The van der Waals surface area contributed by atoms with Crippen LogP contribution < -0.4 is 10.1 Å². The predicted molar refractivity (Wildman–Crippen MR) is 109 cm³/mol. The number of aryl methyl sites for hydroxylation is 2. The highest BCUT2D eigenvalue weighted by Gasteiger charge is 2.20. The summed E-state index contributed by atoms with van der Waals surface area (Å²) in [5.41, 5.74) is 1.84. The highest BCUT2D eigenvalue weighted by molar-refractivity contribution is 5.85. The van der Waals surface area contributed by atoms with Crippen LogP contribution >= 0.6 is 12.4 Å². The molecule has 1 aromatic heterocycles. The Kier molecular flexibility index (Phi) is 7.99. The summed E-state index contributed by atoms with van der Waals surface area (Å²) in [6.07, 6.45) is 2.81. The third kappa shape index (κ3) is 5.79. The highest BCUT2D eigenvalue weighted by atomic mass is 35.5. The minimum atomic E-state index is -0.721. The van der Waals surface area contributed by atoms with E-state index < -0.39 is 6.10 Å². The second-order valence-corrected chi connectivity index (χ2v) is 6.57. The average molecular weight is 406 g/mol. The number of hydrogen-bond donors (Lipinski definition) is 2. The van der Waals surface area contributed by atoms with Gasteiger partial charge in [0.05, 0.1) is 6.04 Å². The average Bonchev–Trinajstić information content (AvgIpc) is 3.06. The Bertz CT molecular complexity index is 887. The number of ether oxygens (including phenoxy) is 1. The van der Waals surface area contributed by atoms with E-state index in [1.807, 2.05) is 55.1 Å². The van der Waals surface area contributed by atoms with Crippen molar-refractivity contribution in [1.29, 1.82) is 0 Å². The lowest BCUT2D eigenvalue weighted by Gasteiger charge is -2.21. The van der Waals surface area contributed by atoms with Crippen molar-refractivity contribution in [2.24, 2.45) is 7.05 Å². The number of halogens is 2. The molecule has 7 heteroatoms. The molecule has 0 saturated heterocycles. The van der Waals surface area contributed by atoms with Crippen molar-refractivity contribution in [2.45, 2.75) is 19.1 Å². The predicted octanol–water partition coefficient (Wildman–Crippen LogP) is 3.41. The molecule has 0 saturated carbocycles. The lowest BCUT2D eigenvalue weighted by molar-refractivity contribution is 0.104. The molecule has 0 radical (unpaired) electrons. The Morgan fingerprint density at radius 3 is 2.68 bits per heavy atom. The molecule has 0 amide bonds. The molecule has 2 unspecified atom stereocenters. The number of rotatable bonds is 8. The molecule has 0 aliphatic rings. The minimum Gasteiger partial charge on any atom is -0.491 e. The summed E-state index contributed by atoms with van der Waals surface area (Å²) in [4.78, 5) is 4.37. The van der Waals surface area contributed by atoms with Crippen LogP contribution in [0.1, 0.15) is 23.0 Å². The zero-order valence-corrected chi connectivity index (χ0v) is 16.7. The van der Waals surface area contributed by atoms with Gasteiger partial charge in [0.1, 0.15) is 30.1 Å². The van der Waals surface area contributed by atoms with Gasteiger partial charge in [0.2, 0.25) is 0 Å². The number of nitrogens with one attached hydrogen (secondary N) is 1. The van der Waals surface area contributed by atoms with Crippen LogP contribution in [0, 0.1) is 12.7 Å². The van der Waals surface area contributed by atoms with Gasteiger partial charge in [-0.15, -0.1) is 12.4 Å². The number of aromatic nitrogens is 2. The number of benzene rings is 2. The molecule has 3 aromatic rings. The van der Waals surface area contributed by atoms with Crippen LogP contribution in [-0.2, 0) is 7.05 Å². The molecule has 0 fully saturated rings. The number of aliphatic hydroxyl groups is 1. The van der Waals surface area contributed by atoms with Crippen molar-refractivity contribution >= 4 is 12.4 Å². The highest BCUT2D eigenvalue weighted by Crippen LogP contribution is 2.21. The van der Waals surface area contributed by atoms with Gasteiger partial charge in [-0.1, -0.05) is 24.3 Å². The van der Waals surface area contributed by atoms with Crippen molar-refractivity contribution in [1.82, 2.24) is 14.9 Å². The van der Waals surface area contributed by atoms with Crippen LogP contribution in [0.5, 0.6) is 5.75 Å². The first kappa shape index (κ1) is 21.9. The normalized spacial score (nSPS) is 12.9. The summed E-state index contributed by atoms with van der Waals surface area (Å²) in [6, 6.07) is 13.7. The molecule has 2 atom stereocenters. The van der Waals surface area contributed by atoms with E-state index in [1.54, 1.807) is 12.3 Å². The zero-order valence-electron chi connectivity index (χ0n) is 15.9. The van der Waals surface area contributed by atoms with Crippen LogP contribution in [0.25, 0.3) is 0 Å². The Balaban J connectivity index is 0.00000280. The smallest absolute Gasteiger partial charge is 0.130 e. The maximum Gasteiger partial charge on any atom is 0.130 e. The second kappa shape index (κ2) is 10.2. The summed E-state index contributed by atoms with van der Waals surface area (Å²) in [5.74, 6) is 1.16. The summed E-state index contributed by atoms with van der Waals surface area (Å²) < 4.78 is 21.2. The molecule has 2 N–H and O–H groups in total. The molecule has 0 aliphatic carbocycles. The van der Waals surface area contributed by atoms with Crippen LogP contribution in [0.2, 0.25) is 0 Å². The molecular weight excluding hydrogens is 381 g/mol. The molecule has 3 rings (SSSR count).